The Labute approximate surface area is 137 Å². The van der Waals surface area contributed by atoms with Gasteiger partial charge in [0.25, 0.3) is 0 Å². The molecule has 2 aliphatic rings. The Morgan fingerprint density at radius 2 is 2.25 bits per heavy atom. The Bertz CT molecular complexity index is 713. The molecule has 0 radical (unpaired) electrons. The van der Waals surface area contributed by atoms with Gasteiger partial charge in [-0.3, -0.25) is 4.79 Å². The summed E-state index contributed by atoms with van der Waals surface area (Å²) in [5.74, 6) is -0.337. The lowest BCUT2D eigenvalue weighted by Crippen LogP contribution is -2.37. The number of carbonyl (C=O) groups is 1. The molecule has 8 heteroatoms. The predicted molar refractivity (Wildman–Crippen MR) is 78.0 cm³/mol. The van der Waals surface area contributed by atoms with Gasteiger partial charge in [0.1, 0.15) is 17.6 Å². The zero-order valence-electron chi connectivity index (χ0n) is 13.1. The van der Waals surface area contributed by atoms with Gasteiger partial charge in [-0.15, -0.1) is 0 Å². The molecule has 0 amide bonds. The maximum absolute atomic E-state index is 12.9. The molecule has 1 saturated carbocycles. The summed E-state index contributed by atoms with van der Waals surface area (Å²) in [6, 6.07) is 3.81. The first-order valence-electron chi connectivity index (χ1n) is 7.63. The number of halogens is 3. The molecule has 0 bridgehead atoms. The molecule has 2 heterocycles. The molecule has 3 rings (SSSR count). The molecule has 0 N–H and O–H groups in total. The molecule has 2 fully saturated rings. The van der Waals surface area contributed by atoms with Crippen LogP contribution in [0.5, 0.6) is 0 Å². The summed E-state index contributed by atoms with van der Waals surface area (Å²) in [6.45, 7) is 0.630. The van der Waals surface area contributed by atoms with Gasteiger partial charge in [0.2, 0.25) is 0 Å². The van der Waals surface area contributed by atoms with Crippen LogP contribution in [0.4, 0.5) is 19.0 Å². The number of rotatable bonds is 2. The number of ether oxygens (including phenoxy) is 1. The molecule has 1 saturated heterocycles. The molecule has 1 aromatic heterocycles. The summed E-state index contributed by atoms with van der Waals surface area (Å²) in [6.07, 6.45) is -2.25. The SMILES string of the molecule is COC(=O)C12CCCC1CN(c1nc(C(F)(F)F)ccc1C#N)C2. The molecular weight excluding hydrogens is 323 g/mol. The minimum Gasteiger partial charge on any atom is -0.469 e. The van der Waals surface area contributed by atoms with Crippen molar-refractivity contribution in [1.29, 1.82) is 5.26 Å². The van der Waals surface area contributed by atoms with Gasteiger partial charge >= 0.3 is 12.1 Å². The molecule has 2 atom stereocenters. The molecule has 2 unspecified atom stereocenters. The number of carbonyl (C=O) groups excluding carboxylic acids is 1. The molecule has 5 nitrogen and oxygen atoms in total. The highest BCUT2D eigenvalue weighted by Crippen LogP contribution is 2.50. The number of alkyl halides is 3. The van der Waals surface area contributed by atoms with Crippen LogP contribution >= 0.6 is 0 Å². The topological polar surface area (TPSA) is 66.2 Å². The van der Waals surface area contributed by atoms with Crippen LogP contribution in [0.2, 0.25) is 0 Å². The van der Waals surface area contributed by atoms with Gasteiger partial charge in [-0.05, 0) is 30.9 Å². The number of fused-ring (bicyclic) bond motifs is 1. The maximum Gasteiger partial charge on any atom is 0.433 e. The van der Waals surface area contributed by atoms with E-state index in [4.69, 9.17) is 4.74 Å². The number of anilines is 1. The zero-order chi connectivity index (χ0) is 17.5. The van der Waals surface area contributed by atoms with Crippen molar-refractivity contribution in [3.63, 3.8) is 0 Å². The molecule has 1 aliphatic carbocycles. The molecule has 1 aliphatic heterocycles. The highest BCUT2D eigenvalue weighted by atomic mass is 19.4. The van der Waals surface area contributed by atoms with Crippen molar-refractivity contribution in [3.05, 3.63) is 23.4 Å². The van der Waals surface area contributed by atoms with E-state index < -0.39 is 17.3 Å². The third kappa shape index (κ3) is 2.48. The Hall–Kier alpha value is -2.30. The first kappa shape index (κ1) is 16.6. The van der Waals surface area contributed by atoms with Crippen LogP contribution in [0.3, 0.4) is 0 Å². The van der Waals surface area contributed by atoms with Crippen molar-refractivity contribution in [3.8, 4) is 6.07 Å². The van der Waals surface area contributed by atoms with Gasteiger partial charge in [-0.25, -0.2) is 4.98 Å². The van der Waals surface area contributed by atoms with Crippen molar-refractivity contribution >= 4 is 11.8 Å². The predicted octanol–water partition coefficient (Wildman–Crippen LogP) is 2.75. The van der Waals surface area contributed by atoms with Crippen LogP contribution < -0.4 is 4.90 Å². The van der Waals surface area contributed by atoms with E-state index in [0.29, 0.717) is 13.0 Å². The summed E-state index contributed by atoms with van der Waals surface area (Å²) >= 11 is 0. The van der Waals surface area contributed by atoms with Gasteiger partial charge in [0.15, 0.2) is 0 Å². The second-order valence-electron chi connectivity index (χ2n) is 6.29. The van der Waals surface area contributed by atoms with Gasteiger partial charge in [0.05, 0.1) is 18.1 Å². The van der Waals surface area contributed by atoms with Crippen LogP contribution in [0.1, 0.15) is 30.5 Å². The Kier molecular flexibility index (Phi) is 3.90. The molecule has 128 valence electrons. The van der Waals surface area contributed by atoms with Gasteiger partial charge in [-0.2, -0.15) is 18.4 Å². The second-order valence-corrected chi connectivity index (χ2v) is 6.29. The molecule has 24 heavy (non-hydrogen) atoms. The summed E-state index contributed by atoms with van der Waals surface area (Å²) in [7, 11) is 1.32. The highest BCUT2D eigenvalue weighted by Gasteiger charge is 2.56. The van der Waals surface area contributed by atoms with E-state index in [-0.39, 0.29) is 29.8 Å². The van der Waals surface area contributed by atoms with Crippen molar-refractivity contribution < 1.29 is 22.7 Å². The van der Waals surface area contributed by atoms with E-state index in [9.17, 15) is 23.2 Å². The lowest BCUT2D eigenvalue weighted by molar-refractivity contribution is -0.153. The van der Waals surface area contributed by atoms with Crippen molar-refractivity contribution in [2.45, 2.75) is 25.4 Å². The monoisotopic (exact) mass is 339 g/mol. The van der Waals surface area contributed by atoms with Gasteiger partial charge in [0, 0.05) is 13.1 Å². The lowest BCUT2D eigenvalue weighted by atomic mass is 9.81. The highest BCUT2D eigenvalue weighted by molar-refractivity contribution is 5.80. The van der Waals surface area contributed by atoms with Crippen LogP contribution in [-0.4, -0.2) is 31.2 Å². The number of nitrogens with zero attached hydrogens (tertiary/aromatic N) is 3. The third-order valence-corrected chi connectivity index (χ3v) is 5.05. The number of hydrogen-bond donors (Lipinski definition) is 0. The Balaban J connectivity index is 1.99. The van der Waals surface area contributed by atoms with E-state index in [2.05, 4.69) is 4.98 Å². The normalized spacial score (nSPS) is 26.1. The van der Waals surface area contributed by atoms with E-state index in [0.717, 1.165) is 25.0 Å². The van der Waals surface area contributed by atoms with Gasteiger partial charge in [-0.1, -0.05) is 6.42 Å². The van der Waals surface area contributed by atoms with Crippen molar-refractivity contribution in [1.82, 2.24) is 4.98 Å². The van der Waals surface area contributed by atoms with Crippen LogP contribution in [0, 0.1) is 22.7 Å². The molecule has 0 aromatic carbocycles. The largest absolute Gasteiger partial charge is 0.469 e. The van der Waals surface area contributed by atoms with E-state index in [1.54, 1.807) is 4.90 Å². The number of pyridine rings is 1. The quantitative estimate of drug-likeness (QED) is 0.775. The number of methoxy groups -OCH3 is 1. The summed E-state index contributed by atoms with van der Waals surface area (Å²) < 4.78 is 43.8. The first-order valence-corrected chi connectivity index (χ1v) is 7.63. The number of esters is 1. The van der Waals surface area contributed by atoms with E-state index in [1.165, 1.54) is 7.11 Å². The fraction of sp³-hybridized carbons (Fsp3) is 0.562. The second kappa shape index (κ2) is 5.65. The Morgan fingerprint density at radius 3 is 2.88 bits per heavy atom. The minimum absolute atomic E-state index is 0.00726. The molecule has 1 aromatic rings. The van der Waals surface area contributed by atoms with E-state index >= 15 is 0 Å². The van der Waals surface area contributed by atoms with Crippen molar-refractivity contribution in [2.75, 3.05) is 25.1 Å². The van der Waals surface area contributed by atoms with E-state index in [1.807, 2.05) is 6.07 Å². The number of hydrogen-bond acceptors (Lipinski definition) is 5. The fourth-order valence-electron chi connectivity index (χ4n) is 3.92. The van der Waals surface area contributed by atoms with Crippen LogP contribution in [0.25, 0.3) is 0 Å². The smallest absolute Gasteiger partial charge is 0.433 e. The Morgan fingerprint density at radius 1 is 1.50 bits per heavy atom. The standard InChI is InChI=1S/C16H16F3N3O2/c1-24-14(23)15-6-2-3-11(15)8-22(9-15)13-10(7-20)4-5-12(21-13)16(17,18)19/h4-5,11H,2-3,6,8-9H2,1H3. The summed E-state index contributed by atoms with van der Waals surface area (Å²) in [5, 5.41) is 9.21. The average Bonchev–Trinajstić information content (AvgIpc) is 3.10. The third-order valence-electron chi connectivity index (χ3n) is 5.05. The van der Waals surface area contributed by atoms with Crippen LogP contribution in [-0.2, 0) is 15.7 Å². The van der Waals surface area contributed by atoms with Crippen LogP contribution in [0.15, 0.2) is 12.1 Å². The molecular formula is C16H16F3N3O2. The average molecular weight is 339 g/mol. The molecule has 0 spiro atoms. The summed E-state index contributed by atoms with van der Waals surface area (Å²) in [5.41, 5.74) is -1.68. The lowest BCUT2D eigenvalue weighted by Gasteiger charge is -2.26. The first-order chi connectivity index (χ1) is 11.3. The zero-order valence-corrected chi connectivity index (χ0v) is 13.1. The minimum atomic E-state index is -4.58. The maximum atomic E-state index is 12.9. The fourth-order valence-corrected chi connectivity index (χ4v) is 3.92. The number of aromatic nitrogens is 1. The summed E-state index contributed by atoms with van der Waals surface area (Å²) in [4.78, 5) is 17.5. The van der Waals surface area contributed by atoms with Gasteiger partial charge < -0.3 is 9.64 Å². The van der Waals surface area contributed by atoms with Crippen molar-refractivity contribution in [2.24, 2.45) is 11.3 Å². The number of nitriles is 1.